The predicted octanol–water partition coefficient (Wildman–Crippen LogP) is 3.06. The fourth-order valence-corrected chi connectivity index (χ4v) is 3.82. The van der Waals surface area contributed by atoms with Crippen molar-refractivity contribution in [1.29, 1.82) is 0 Å². The number of thiophene rings is 1. The van der Waals surface area contributed by atoms with Crippen molar-refractivity contribution in [2.75, 3.05) is 0 Å². The van der Waals surface area contributed by atoms with E-state index in [2.05, 4.69) is 9.97 Å². The van der Waals surface area contributed by atoms with Crippen LogP contribution in [0.3, 0.4) is 0 Å². The number of nitrogens with zero attached hydrogens (tertiary/aromatic N) is 3. The summed E-state index contributed by atoms with van der Waals surface area (Å²) in [5.74, 6) is 0.279. The molecule has 0 aromatic carbocycles. The monoisotopic (exact) mass is 364 g/mol. The standard InChI is InChI=1S/C19H16N4O2S/c20-18(24)9-17-15(25-12-13-4-3-6-21-10-13)8-16(26-17)14-11-22-19-5-1-2-7-23(14)19/h1-8,10-11H,9,12H2,(H2,20,24). The molecule has 2 N–H and O–H groups in total. The van der Waals surface area contributed by atoms with Crippen molar-refractivity contribution >= 4 is 22.9 Å². The lowest BCUT2D eigenvalue weighted by molar-refractivity contribution is -0.117. The SMILES string of the molecule is NC(=O)Cc1sc(-c2cnc3ccccn23)cc1OCc1cccnc1. The van der Waals surface area contributed by atoms with Gasteiger partial charge in [0.05, 0.1) is 28.1 Å². The second kappa shape index (κ2) is 6.97. The maximum absolute atomic E-state index is 11.4. The van der Waals surface area contributed by atoms with Crippen molar-refractivity contribution in [3.8, 4) is 16.3 Å². The Morgan fingerprint density at radius 1 is 1.23 bits per heavy atom. The first-order valence-corrected chi connectivity index (χ1v) is 8.87. The number of carbonyl (C=O) groups is 1. The molecule has 0 spiro atoms. The number of imidazole rings is 1. The van der Waals surface area contributed by atoms with Gasteiger partial charge in [0, 0.05) is 30.2 Å². The number of hydrogen-bond donors (Lipinski definition) is 1. The van der Waals surface area contributed by atoms with Gasteiger partial charge < -0.3 is 10.5 Å². The highest BCUT2D eigenvalue weighted by Crippen LogP contribution is 2.37. The highest BCUT2D eigenvalue weighted by atomic mass is 32.1. The Labute approximate surface area is 153 Å². The summed E-state index contributed by atoms with van der Waals surface area (Å²) in [6.45, 7) is 0.378. The van der Waals surface area contributed by atoms with Gasteiger partial charge in [-0.15, -0.1) is 11.3 Å². The summed E-state index contributed by atoms with van der Waals surface area (Å²) in [5, 5.41) is 0. The number of amides is 1. The van der Waals surface area contributed by atoms with Gasteiger partial charge in [0.2, 0.25) is 5.91 Å². The van der Waals surface area contributed by atoms with Gasteiger partial charge in [0.15, 0.2) is 0 Å². The van der Waals surface area contributed by atoms with Gasteiger partial charge in [0.1, 0.15) is 18.0 Å². The first kappa shape index (κ1) is 16.3. The topological polar surface area (TPSA) is 82.5 Å². The van der Waals surface area contributed by atoms with Crippen molar-refractivity contribution in [2.45, 2.75) is 13.0 Å². The molecule has 0 saturated heterocycles. The summed E-state index contributed by atoms with van der Waals surface area (Å²) >= 11 is 1.49. The summed E-state index contributed by atoms with van der Waals surface area (Å²) in [5.41, 5.74) is 8.18. The molecule has 4 rings (SSSR count). The Balaban J connectivity index is 1.68. The molecule has 0 aliphatic carbocycles. The van der Waals surface area contributed by atoms with E-state index in [1.807, 2.05) is 53.2 Å². The third-order valence-corrected chi connectivity index (χ3v) is 5.03. The minimum absolute atomic E-state index is 0.143. The molecular formula is C19H16N4O2S. The Kier molecular flexibility index (Phi) is 4.37. The third kappa shape index (κ3) is 3.29. The first-order valence-electron chi connectivity index (χ1n) is 8.06. The Morgan fingerprint density at radius 2 is 2.15 bits per heavy atom. The van der Waals surface area contributed by atoms with Crippen LogP contribution in [0, 0.1) is 0 Å². The van der Waals surface area contributed by atoms with Crippen LogP contribution in [0.4, 0.5) is 0 Å². The molecule has 0 aliphatic heterocycles. The van der Waals surface area contributed by atoms with E-state index in [0.717, 1.165) is 26.7 Å². The van der Waals surface area contributed by atoms with Crippen molar-refractivity contribution in [3.05, 3.63) is 71.6 Å². The average molecular weight is 364 g/mol. The molecule has 0 unspecified atom stereocenters. The molecule has 0 bridgehead atoms. The number of ether oxygens (including phenoxy) is 1. The summed E-state index contributed by atoms with van der Waals surface area (Å²) in [7, 11) is 0. The molecule has 0 atom stereocenters. The van der Waals surface area contributed by atoms with Crippen LogP contribution in [0.5, 0.6) is 5.75 Å². The minimum Gasteiger partial charge on any atom is -0.488 e. The highest BCUT2D eigenvalue weighted by Gasteiger charge is 2.16. The van der Waals surface area contributed by atoms with Gasteiger partial charge in [-0.3, -0.25) is 14.2 Å². The normalized spacial score (nSPS) is 10.9. The molecule has 0 radical (unpaired) electrons. The molecule has 26 heavy (non-hydrogen) atoms. The van der Waals surface area contributed by atoms with Crippen LogP contribution in [0.15, 0.2) is 61.2 Å². The van der Waals surface area contributed by atoms with Gasteiger partial charge in [-0.1, -0.05) is 12.1 Å². The van der Waals surface area contributed by atoms with E-state index in [4.69, 9.17) is 10.5 Å². The van der Waals surface area contributed by atoms with Crippen LogP contribution >= 0.6 is 11.3 Å². The zero-order valence-electron chi connectivity index (χ0n) is 13.8. The molecule has 0 saturated carbocycles. The zero-order chi connectivity index (χ0) is 17.9. The van der Waals surface area contributed by atoms with Gasteiger partial charge in [-0.25, -0.2) is 4.98 Å². The van der Waals surface area contributed by atoms with Crippen LogP contribution in [0.2, 0.25) is 0 Å². The predicted molar refractivity (Wildman–Crippen MR) is 100.0 cm³/mol. The molecule has 4 heterocycles. The van der Waals surface area contributed by atoms with Gasteiger partial charge in [-0.05, 0) is 18.2 Å². The lowest BCUT2D eigenvalue weighted by atomic mass is 10.2. The van der Waals surface area contributed by atoms with Crippen LogP contribution in [-0.4, -0.2) is 20.3 Å². The number of nitrogens with two attached hydrogens (primary N) is 1. The van der Waals surface area contributed by atoms with E-state index in [1.165, 1.54) is 11.3 Å². The first-order chi connectivity index (χ1) is 12.7. The van der Waals surface area contributed by atoms with Crippen molar-refractivity contribution in [3.63, 3.8) is 0 Å². The molecule has 4 aromatic rings. The van der Waals surface area contributed by atoms with E-state index < -0.39 is 0 Å². The second-order valence-electron chi connectivity index (χ2n) is 5.76. The van der Waals surface area contributed by atoms with E-state index >= 15 is 0 Å². The summed E-state index contributed by atoms with van der Waals surface area (Å²) in [4.78, 5) is 21.7. The fraction of sp³-hybridized carbons (Fsp3) is 0.105. The van der Waals surface area contributed by atoms with E-state index in [0.29, 0.717) is 12.4 Å². The van der Waals surface area contributed by atoms with Crippen LogP contribution in [0.1, 0.15) is 10.4 Å². The molecular weight excluding hydrogens is 348 g/mol. The fourth-order valence-electron chi connectivity index (χ4n) is 2.70. The molecule has 7 heteroatoms. The Morgan fingerprint density at radius 3 is 2.96 bits per heavy atom. The summed E-state index contributed by atoms with van der Waals surface area (Å²) < 4.78 is 7.95. The molecule has 6 nitrogen and oxygen atoms in total. The van der Waals surface area contributed by atoms with Crippen LogP contribution in [-0.2, 0) is 17.8 Å². The minimum atomic E-state index is -0.386. The third-order valence-electron chi connectivity index (χ3n) is 3.89. The average Bonchev–Trinajstić information content (AvgIpc) is 3.24. The lowest BCUT2D eigenvalue weighted by Crippen LogP contribution is -2.13. The highest BCUT2D eigenvalue weighted by molar-refractivity contribution is 7.15. The number of primary amides is 1. The van der Waals surface area contributed by atoms with Gasteiger partial charge in [0.25, 0.3) is 0 Å². The largest absolute Gasteiger partial charge is 0.488 e. The van der Waals surface area contributed by atoms with E-state index in [-0.39, 0.29) is 12.3 Å². The lowest BCUT2D eigenvalue weighted by Gasteiger charge is -2.05. The molecule has 0 fully saturated rings. The number of aromatic nitrogens is 3. The molecule has 1 amide bonds. The number of carbonyl (C=O) groups excluding carboxylic acids is 1. The van der Waals surface area contributed by atoms with E-state index in [9.17, 15) is 4.79 Å². The molecule has 130 valence electrons. The molecule has 4 aromatic heterocycles. The number of pyridine rings is 2. The Hall–Kier alpha value is -3.19. The van der Waals surface area contributed by atoms with Crippen LogP contribution < -0.4 is 10.5 Å². The molecule has 0 aliphatic rings. The zero-order valence-corrected chi connectivity index (χ0v) is 14.6. The van der Waals surface area contributed by atoms with Crippen molar-refractivity contribution in [1.82, 2.24) is 14.4 Å². The van der Waals surface area contributed by atoms with Crippen LogP contribution in [0.25, 0.3) is 16.2 Å². The summed E-state index contributed by atoms with van der Waals surface area (Å²) in [6, 6.07) is 11.6. The second-order valence-corrected chi connectivity index (χ2v) is 6.90. The van der Waals surface area contributed by atoms with Crippen molar-refractivity contribution < 1.29 is 9.53 Å². The summed E-state index contributed by atoms with van der Waals surface area (Å²) in [6.07, 6.45) is 7.40. The number of rotatable bonds is 6. The van der Waals surface area contributed by atoms with Gasteiger partial charge in [-0.2, -0.15) is 0 Å². The van der Waals surface area contributed by atoms with Crippen molar-refractivity contribution in [2.24, 2.45) is 5.73 Å². The van der Waals surface area contributed by atoms with Gasteiger partial charge >= 0.3 is 0 Å². The van der Waals surface area contributed by atoms with E-state index in [1.54, 1.807) is 12.4 Å². The smallest absolute Gasteiger partial charge is 0.222 e. The maximum Gasteiger partial charge on any atom is 0.222 e. The quantitative estimate of drug-likeness (QED) is 0.570. The Bertz CT molecular complexity index is 1060. The number of hydrogen-bond acceptors (Lipinski definition) is 5. The maximum atomic E-state index is 11.4. The number of fused-ring (bicyclic) bond motifs is 1.